The third-order valence-electron chi connectivity index (χ3n) is 6.68. The molecule has 202 valence electrons. The number of nitrogens with one attached hydrogen (secondary N) is 1. The Morgan fingerprint density at radius 1 is 1.03 bits per heavy atom. The Balaban J connectivity index is 1.92. The van der Waals surface area contributed by atoms with Gasteiger partial charge in [-0.05, 0) is 43.9 Å². The van der Waals surface area contributed by atoms with E-state index in [0.29, 0.717) is 6.42 Å². The second-order valence-corrected chi connectivity index (χ2v) is 11.5. The number of rotatable bonds is 10. The Hall–Kier alpha value is -3.01. The van der Waals surface area contributed by atoms with Crippen LogP contribution in [0.25, 0.3) is 0 Å². The average Bonchev–Trinajstić information content (AvgIpc) is 2.85. The predicted octanol–water partition coefficient (Wildman–Crippen LogP) is 4.30. The summed E-state index contributed by atoms with van der Waals surface area (Å²) in [6.07, 6.45) is 6.17. The Morgan fingerprint density at radius 3 is 2.24 bits per heavy atom. The minimum atomic E-state index is -4.03. The molecule has 1 fully saturated rings. The van der Waals surface area contributed by atoms with Crippen molar-refractivity contribution in [3.8, 4) is 0 Å². The second-order valence-electron chi connectivity index (χ2n) is 9.64. The SMILES string of the molecule is CC[C@H](C(=O)NC1CCCCC1)N(Cc1ccc(C)cc1)C(=O)CN(c1ccc(F)c(F)c1)S(C)(=O)=O. The molecule has 1 atom stereocenters. The molecule has 0 heterocycles. The van der Waals surface area contributed by atoms with Gasteiger partial charge in [-0.25, -0.2) is 17.2 Å². The molecule has 1 aliphatic carbocycles. The van der Waals surface area contributed by atoms with Crippen molar-refractivity contribution in [3.63, 3.8) is 0 Å². The number of halogens is 2. The molecular weight excluding hydrogens is 500 g/mol. The summed E-state index contributed by atoms with van der Waals surface area (Å²) in [5, 5.41) is 3.07. The number of nitrogens with zero attached hydrogens (tertiary/aromatic N) is 2. The number of aryl methyl sites for hydroxylation is 1. The molecule has 3 rings (SSSR count). The molecular formula is C27H35F2N3O4S. The van der Waals surface area contributed by atoms with Crippen LogP contribution in [0.2, 0.25) is 0 Å². The van der Waals surface area contributed by atoms with Crippen molar-refractivity contribution < 1.29 is 26.8 Å². The summed E-state index contributed by atoms with van der Waals surface area (Å²) in [6, 6.07) is 9.35. The molecule has 0 spiro atoms. The molecule has 1 N–H and O–H groups in total. The molecule has 0 unspecified atom stereocenters. The highest BCUT2D eigenvalue weighted by Gasteiger charge is 2.33. The summed E-state index contributed by atoms with van der Waals surface area (Å²) < 4.78 is 53.3. The fourth-order valence-electron chi connectivity index (χ4n) is 4.61. The summed E-state index contributed by atoms with van der Waals surface area (Å²) in [6.45, 7) is 3.16. The Labute approximate surface area is 217 Å². The number of sulfonamides is 1. The Bertz CT molecular complexity index is 1200. The van der Waals surface area contributed by atoms with Crippen LogP contribution in [0.1, 0.15) is 56.6 Å². The van der Waals surface area contributed by atoms with Crippen LogP contribution >= 0.6 is 0 Å². The molecule has 7 nitrogen and oxygen atoms in total. The largest absolute Gasteiger partial charge is 0.352 e. The van der Waals surface area contributed by atoms with Gasteiger partial charge in [-0.3, -0.25) is 13.9 Å². The van der Waals surface area contributed by atoms with Crippen LogP contribution < -0.4 is 9.62 Å². The van der Waals surface area contributed by atoms with Gasteiger partial charge in [0.05, 0.1) is 11.9 Å². The summed E-state index contributed by atoms with van der Waals surface area (Å²) in [4.78, 5) is 28.4. The van der Waals surface area contributed by atoms with E-state index in [-0.39, 0.29) is 24.2 Å². The maximum absolute atomic E-state index is 13.9. The molecule has 1 saturated carbocycles. The molecule has 2 aromatic carbocycles. The second kappa shape index (κ2) is 12.5. The summed E-state index contributed by atoms with van der Waals surface area (Å²) in [5.41, 5.74) is 1.64. The van der Waals surface area contributed by atoms with E-state index >= 15 is 0 Å². The van der Waals surface area contributed by atoms with Crippen molar-refractivity contribution in [1.29, 1.82) is 0 Å². The van der Waals surface area contributed by atoms with E-state index in [4.69, 9.17) is 0 Å². The highest BCUT2D eigenvalue weighted by molar-refractivity contribution is 7.92. The molecule has 0 saturated heterocycles. The minimum Gasteiger partial charge on any atom is -0.352 e. The van der Waals surface area contributed by atoms with Gasteiger partial charge in [-0.15, -0.1) is 0 Å². The van der Waals surface area contributed by atoms with Gasteiger partial charge in [0.1, 0.15) is 12.6 Å². The fraction of sp³-hybridized carbons (Fsp3) is 0.481. The first-order chi connectivity index (χ1) is 17.5. The summed E-state index contributed by atoms with van der Waals surface area (Å²) in [5.74, 6) is -3.27. The van der Waals surface area contributed by atoms with E-state index in [0.717, 1.165) is 72.0 Å². The highest BCUT2D eigenvalue weighted by Crippen LogP contribution is 2.23. The van der Waals surface area contributed by atoms with Crippen LogP contribution in [-0.2, 0) is 26.2 Å². The number of benzene rings is 2. The van der Waals surface area contributed by atoms with E-state index in [1.165, 1.54) is 4.90 Å². The van der Waals surface area contributed by atoms with Gasteiger partial charge in [0.25, 0.3) is 0 Å². The van der Waals surface area contributed by atoms with E-state index in [9.17, 15) is 26.8 Å². The molecule has 2 amide bonds. The molecule has 0 aliphatic heterocycles. The number of amides is 2. The molecule has 1 aliphatic rings. The molecule has 0 radical (unpaired) electrons. The van der Waals surface area contributed by atoms with E-state index in [1.807, 2.05) is 31.2 Å². The number of carbonyl (C=O) groups excluding carboxylic acids is 2. The van der Waals surface area contributed by atoms with Crippen molar-refractivity contribution in [2.75, 3.05) is 17.1 Å². The predicted molar refractivity (Wildman–Crippen MR) is 139 cm³/mol. The third-order valence-corrected chi connectivity index (χ3v) is 7.82. The quantitative estimate of drug-likeness (QED) is 0.492. The van der Waals surface area contributed by atoms with Crippen LogP contribution in [-0.4, -0.2) is 50.0 Å². The highest BCUT2D eigenvalue weighted by atomic mass is 32.2. The molecule has 37 heavy (non-hydrogen) atoms. The topological polar surface area (TPSA) is 86.8 Å². The smallest absolute Gasteiger partial charge is 0.244 e. The first-order valence-corrected chi connectivity index (χ1v) is 14.4. The standard InChI is InChI=1S/C27H35F2N3O4S/c1-4-25(27(34)30-21-8-6-5-7-9-21)31(17-20-12-10-19(2)11-13-20)26(33)18-32(37(3,35)36)22-14-15-23(28)24(29)16-22/h10-16,21,25H,4-9,17-18H2,1-3H3,(H,30,34)/t25-/m1/s1. The van der Waals surface area contributed by atoms with Gasteiger partial charge in [-0.1, -0.05) is 56.0 Å². The lowest BCUT2D eigenvalue weighted by Crippen LogP contribution is -2.53. The lowest BCUT2D eigenvalue weighted by Gasteiger charge is -2.34. The first-order valence-electron chi connectivity index (χ1n) is 12.6. The van der Waals surface area contributed by atoms with Crippen LogP contribution in [0.4, 0.5) is 14.5 Å². The minimum absolute atomic E-state index is 0.0429. The maximum atomic E-state index is 13.9. The molecule has 0 aromatic heterocycles. The zero-order valence-electron chi connectivity index (χ0n) is 21.5. The van der Waals surface area contributed by atoms with Crippen molar-refractivity contribution in [1.82, 2.24) is 10.2 Å². The zero-order chi connectivity index (χ0) is 27.2. The lowest BCUT2D eigenvalue weighted by molar-refractivity contribution is -0.140. The summed E-state index contributed by atoms with van der Waals surface area (Å²) >= 11 is 0. The van der Waals surface area contributed by atoms with E-state index in [1.54, 1.807) is 6.92 Å². The van der Waals surface area contributed by atoms with Crippen molar-refractivity contribution in [2.24, 2.45) is 0 Å². The third kappa shape index (κ3) is 7.74. The van der Waals surface area contributed by atoms with Gasteiger partial charge in [0, 0.05) is 18.7 Å². The van der Waals surface area contributed by atoms with Crippen molar-refractivity contribution >= 4 is 27.5 Å². The Morgan fingerprint density at radius 2 is 1.68 bits per heavy atom. The Kier molecular flexibility index (Phi) is 9.64. The zero-order valence-corrected chi connectivity index (χ0v) is 22.4. The van der Waals surface area contributed by atoms with Gasteiger partial charge < -0.3 is 10.2 Å². The first kappa shape index (κ1) is 28.6. The van der Waals surface area contributed by atoms with Crippen molar-refractivity contribution in [3.05, 3.63) is 65.2 Å². The number of anilines is 1. The number of hydrogen-bond donors (Lipinski definition) is 1. The van der Waals surface area contributed by atoms with Crippen LogP contribution in [0.3, 0.4) is 0 Å². The van der Waals surface area contributed by atoms with E-state index in [2.05, 4.69) is 5.32 Å². The van der Waals surface area contributed by atoms with E-state index < -0.39 is 40.2 Å². The van der Waals surface area contributed by atoms with Crippen LogP contribution in [0, 0.1) is 18.6 Å². The number of carbonyl (C=O) groups is 2. The monoisotopic (exact) mass is 535 g/mol. The van der Waals surface area contributed by atoms with Crippen LogP contribution in [0.15, 0.2) is 42.5 Å². The maximum Gasteiger partial charge on any atom is 0.244 e. The van der Waals surface area contributed by atoms with Crippen LogP contribution in [0.5, 0.6) is 0 Å². The molecule has 2 aromatic rings. The van der Waals surface area contributed by atoms with Gasteiger partial charge in [0.2, 0.25) is 21.8 Å². The van der Waals surface area contributed by atoms with Gasteiger partial charge in [-0.2, -0.15) is 0 Å². The number of hydrogen-bond acceptors (Lipinski definition) is 4. The molecule has 10 heteroatoms. The molecule has 0 bridgehead atoms. The van der Waals surface area contributed by atoms with Gasteiger partial charge in [0.15, 0.2) is 11.6 Å². The summed E-state index contributed by atoms with van der Waals surface area (Å²) in [7, 11) is -4.03. The van der Waals surface area contributed by atoms with Gasteiger partial charge >= 0.3 is 0 Å². The average molecular weight is 536 g/mol. The lowest BCUT2D eigenvalue weighted by atomic mass is 9.95. The van der Waals surface area contributed by atoms with Crippen molar-refractivity contribution in [2.45, 2.75) is 71.0 Å². The normalized spacial score (nSPS) is 15.2. The fourth-order valence-corrected chi connectivity index (χ4v) is 5.45.